The van der Waals surface area contributed by atoms with E-state index in [9.17, 15) is 4.79 Å². The number of anilines is 1. The topological polar surface area (TPSA) is 72.1 Å². The average Bonchev–Trinajstić information content (AvgIpc) is 2.44. The second-order valence-corrected chi connectivity index (χ2v) is 6.87. The summed E-state index contributed by atoms with van der Waals surface area (Å²) in [6.07, 6.45) is 4.66. The zero-order chi connectivity index (χ0) is 15.4. The summed E-state index contributed by atoms with van der Waals surface area (Å²) < 4.78 is 0. The van der Waals surface area contributed by atoms with Crippen LogP contribution in [0.5, 0.6) is 0 Å². The van der Waals surface area contributed by atoms with E-state index in [1.54, 1.807) is 6.07 Å². The first-order valence-electron chi connectivity index (χ1n) is 7.45. The van der Waals surface area contributed by atoms with Crippen molar-refractivity contribution >= 4 is 23.5 Å². The van der Waals surface area contributed by atoms with E-state index in [2.05, 4.69) is 16.9 Å². The van der Waals surface area contributed by atoms with Gasteiger partial charge in [0.1, 0.15) is 5.82 Å². The van der Waals surface area contributed by atoms with E-state index in [-0.39, 0.29) is 5.91 Å². The Labute approximate surface area is 130 Å². The van der Waals surface area contributed by atoms with Gasteiger partial charge in [0.05, 0.1) is 5.75 Å². The molecule has 0 atom stereocenters. The highest BCUT2D eigenvalue weighted by Crippen LogP contribution is 2.27. The molecule has 1 fully saturated rings. The number of aryl methyl sites for hydroxylation is 1. The van der Waals surface area contributed by atoms with E-state index in [0.717, 1.165) is 24.5 Å². The van der Waals surface area contributed by atoms with Crippen LogP contribution in [-0.4, -0.2) is 39.6 Å². The molecule has 21 heavy (non-hydrogen) atoms. The third-order valence-electron chi connectivity index (χ3n) is 4.10. The van der Waals surface area contributed by atoms with Gasteiger partial charge in [-0.25, -0.2) is 9.97 Å². The van der Waals surface area contributed by atoms with Gasteiger partial charge in [-0.05, 0) is 38.5 Å². The van der Waals surface area contributed by atoms with E-state index in [0.29, 0.717) is 22.8 Å². The van der Waals surface area contributed by atoms with E-state index < -0.39 is 0 Å². The molecule has 6 heteroatoms. The first-order valence-corrected chi connectivity index (χ1v) is 8.44. The summed E-state index contributed by atoms with van der Waals surface area (Å²) in [5.74, 6) is 1.75. The van der Waals surface area contributed by atoms with Crippen molar-refractivity contribution in [1.29, 1.82) is 0 Å². The first-order chi connectivity index (χ1) is 9.95. The molecule has 0 aliphatic heterocycles. The lowest BCUT2D eigenvalue weighted by atomic mass is 9.87. The molecule has 1 aliphatic rings. The third-order valence-corrected chi connectivity index (χ3v) is 4.94. The van der Waals surface area contributed by atoms with Gasteiger partial charge in [0.25, 0.3) is 0 Å². The van der Waals surface area contributed by atoms with Crippen LogP contribution in [0.15, 0.2) is 11.2 Å². The molecule has 0 bridgehead atoms. The van der Waals surface area contributed by atoms with Gasteiger partial charge in [-0.3, -0.25) is 4.79 Å². The number of amides is 1. The maximum absolute atomic E-state index is 12.3. The maximum atomic E-state index is 12.3. The van der Waals surface area contributed by atoms with Crippen LogP contribution in [0.2, 0.25) is 0 Å². The van der Waals surface area contributed by atoms with Gasteiger partial charge in [-0.15, -0.1) is 0 Å². The molecule has 5 nitrogen and oxygen atoms in total. The molecule has 1 aliphatic carbocycles. The van der Waals surface area contributed by atoms with E-state index in [1.165, 1.54) is 24.6 Å². The Hall–Kier alpha value is -1.30. The lowest BCUT2D eigenvalue weighted by Gasteiger charge is -2.33. The Morgan fingerprint density at radius 1 is 1.38 bits per heavy atom. The molecule has 1 aromatic rings. The summed E-state index contributed by atoms with van der Waals surface area (Å²) in [4.78, 5) is 22.6. The number of carbonyl (C=O) groups excluding carboxylic acids is 1. The maximum Gasteiger partial charge on any atom is 0.233 e. The smallest absolute Gasteiger partial charge is 0.233 e. The zero-order valence-corrected chi connectivity index (χ0v) is 13.8. The zero-order valence-electron chi connectivity index (χ0n) is 13.0. The number of nitrogens with zero attached hydrogens (tertiary/aromatic N) is 3. The minimum Gasteiger partial charge on any atom is -0.384 e. The molecule has 1 saturated carbocycles. The highest BCUT2D eigenvalue weighted by molar-refractivity contribution is 7.99. The normalized spacial score (nSPS) is 22.0. The Balaban J connectivity index is 1.86. The number of rotatable bonds is 4. The molecular weight excluding hydrogens is 284 g/mol. The average molecular weight is 308 g/mol. The Morgan fingerprint density at radius 2 is 2.05 bits per heavy atom. The van der Waals surface area contributed by atoms with Crippen molar-refractivity contribution in [2.45, 2.75) is 50.7 Å². The van der Waals surface area contributed by atoms with Gasteiger partial charge in [0.2, 0.25) is 5.91 Å². The second kappa shape index (κ2) is 7.11. The lowest BCUT2D eigenvalue weighted by molar-refractivity contribution is -0.129. The predicted molar refractivity (Wildman–Crippen MR) is 86.1 cm³/mol. The monoisotopic (exact) mass is 308 g/mol. The molecule has 1 heterocycles. The van der Waals surface area contributed by atoms with Crippen molar-refractivity contribution in [3.8, 4) is 0 Å². The number of hydrogen-bond donors (Lipinski definition) is 1. The molecule has 0 saturated heterocycles. The van der Waals surface area contributed by atoms with Crippen LogP contribution < -0.4 is 5.73 Å². The Morgan fingerprint density at radius 3 is 2.67 bits per heavy atom. The van der Waals surface area contributed by atoms with E-state index in [4.69, 9.17) is 5.73 Å². The largest absolute Gasteiger partial charge is 0.384 e. The molecule has 1 aromatic heterocycles. The van der Waals surface area contributed by atoms with E-state index >= 15 is 0 Å². The van der Waals surface area contributed by atoms with Gasteiger partial charge in [0.15, 0.2) is 5.16 Å². The van der Waals surface area contributed by atoms with Crippen LogP contribution in [0.4, 0.5) is 5.82 Å². The van der Waals surface area contributed by atoms with Crippen LogP contribution in [0, 0.1) is 12.8 Å². The summed E-state index contributed by atoms with van der Waals surface area (Å²) in [6, 6.07) is 2.11. The molecule has 0 aromatic carbocycles. The molecule has 0 unspecified atom stereocenters. The van der Waals surface area contributed by atoms with Gasteiger partial charge in [0, 0.05) is 24.8 Å². The molecular formula is C15H24N4OS. The minimum atomic E-state index is 0.142. The first kappa shape index (κ1) is 16.1. The predicted octanol–water partition coefficient (Wildman–Crippen LogP) is 2.50. The molecule has 0 spiro atoms. The van der Waals surface area contributed by atoms with Gasteiger partial charge in [-0.1, -0.05) is 18.7 Å². The summed E-state index contributed by atoms with van der Waals surface area (Å²) >= 11 is 1.36. The lowest BCUT2D eigenvalue weighted by Crippen LogP contribution is -2.40. The molecule has 0 radical (unpaired) electrons. The van der Waals surface area contributed by atoms with Gasteiger partial charge < -0.3 is 10.6 Å². The van der Waals surface area contributed by atoms with Gasteiger partial charge >= 0.3 is 0 Å². The van der Waals surface area contributed by atoms with Crippen LogP contribution in [-0.2, 0) is 4.79 Å². The van der Waals surface area contributed by atoms with E-state index in [1.807, 2.05) is 18.9 Å². The number of nitrogens with two attached hydrogens (primary N) is 1. The fourth-order valence-corrected chi connectivity index (χ4v) is 3.53. The van der Waals surface area contributed by atoms with Crippen LogP contribution in [0.25, 0.3) is 0 Å². The molecule has 1 amide bonds. The summed E-state index contributed by atoms with van der Waals surface area (Å²) in [5, 5.41) is 0.575. The van der Waals surface area contributed by atoms with Crippen LogP contribution in [0.1, 0.15) is 38.3 Å². The quantitative estimate of drug-likeness (QED) is 0.683. The highest BCUT2D eigenvalue weighted by Gasteiger charge is 2.24. The SMILES string of the molecule is Cc1cc(N)nc(SCC(=O)N(C)C2CCC(C)CC2)n1. The van der Waals surface area contributed by atoms with Crippen LogP contribution >= 0.6 is 11.8 Å². The Kier molecular flexibility index (Phi) is 5.45. The van der Waals surface area contributed by atoms with Crippen molar-refractivity contribution < 1.29 is 4.79 Å². The van der Waals surface area contributed by atoms with Crippen molar-refractivity contribution in [1.82, 2.24) is 14.9 Å². The number of thioether (sulfide) groups is 1. The fraction of sp³-hybridized carbons (Fsp3) is 0.667. The summed E-state index contributed by atoms with van der Waals surface area (Å²) in [5.41, 5.74) is 6.52. The minimum absolute atomic E-state index is 0.142. The summed E-state index contributed by atoms with van der Waals surface area (Å²) in [7, 11) is 1.91. The van der Waals surface area contributed by atoms with Crippen molar-refractivity contribution in [3.05, 3.63) is 11.8 Å². The summed E-state index contributed by atoms with van der Waals surface area (Å²) in [6.45, 7) is 4.16. The highest BCUT2D eigenvalue weighted by atomic mass is 32.2. The standard InChI is InChI=1S/C15H24N4OS/c1-10-4-6-12(7-5-10)19(3)14(20)9-21-15-17-11(2)8-13(16)18-15/h8,10,12H,4-7,9H2,1-3H3,(H2,16,17,18). The third kappa shape index (κ3) is 4.59. The van der Waals surface area contributed by atoms with Crippen LogP contribution in [0.3, 0.4) is 0 Å². The second-order valence-electron chi connectivity index (χ2n) is 5.92. The number of nitrogen functional groups attached to an aromatic ring is 1. The molecule has 2 rings (SSSR count). The molecule has 116 valence electrons. The molecule has 2 N–H and O–H groups in total. The Bertz CT molecular complexity index is 480. The van der Waals surface area contributed by atoms with Crippen molar-refractivity contribution in [2.75, 3.05) is 18.5 Å². The fourth-order valence-electron chi connectivity index (χ4n) is 2.69. The van der Waals surface area contributed by atoms with Crippen molar-refractivity contribution in [3.63, 3.8) is 0 Å². The number of carbonyl (C=O) groups is 1. The number of hydrogen-bond acceptors (Lipinski definition) is 5. The van der Waals surface area contributed by atoms with Gasteiger partial charge in [-0.2, -0.15) is 0 Å². The number of aromatic nitrogens is 2. The van der Waals surface area contributed by atoms with Crippen molar-refractivity contribution in [2.24, 2.45) is 5.92 Å².